The first-order valence-electron chi connectivity index (χ1n) is 9.31. The quantitative estimate of drug-likeness (QED) is 0.489. The maximum atomic E-state index is 13.3. The van der Waals surface area contributed by atoms with Gasteiger partial charge >= 0.3 is 0 Å². The standard InChI is InChI=1S/C23H19FN4O2/c1-30-19-7-3-6-17(12-19)28-23-20-13-18(8-9-21(20)25-14-26-23)27-22(29)11-15-4-2-5-16(24)10-15/h2-10,12-14H,11H2,1H3,(H,27,29)(H,25,26,28). The number of hydrogen-bond acceptors (Lipinski definition) is 5. The molecule has 0 aliphatic rings. The molecule has 0 radical (unpaired) electrons. The van der Waals surface area contributed by atoms with Crippen molar-refractivity contribution in [1.82, 2.24) is 9.97 Å². The summed E-state index contributed by atoms with van der Waals surface area (Å²) in [6.07, 6.45) is 1.56. The normalized spacial score (nSPS) is 10.6. The Morgan fingerprint density at radius 2 is 1.87 bits per heavy atom. The van der Waals surface area contributed by atoms with E-state index in [9.17, 15) is 9.18 Å². The molecular formula is C23H19FN4O2. The fourth-order valence-corrected chi connectivity index (χ4v) is 3.11. The van der Waals surface area contributed by atoms with Gasteiger partial charge < -0.3 is 15.4 Å². The molecule has 1 aromatic heterocycles. The Bertz CT molecular complexity index is 1210. The second-order valence-electron chi connectivity index (χ2n) is 6.67. The number of ether oxygens (including phenoxy) is 1. The van der Waals surface area contributed by atoms with Gasteiger partial charge in [-0.3, -0.25) is 4.79 Å². The van der Waals surface area contributed by atoms with Crippen LogP contribution in [0, 0.1) is 5.82 Å². The van der Waals surface area contributed by atoms with E-state index in [4.69, 9.17) is 4.74 Å². The highest BCUT2D eigenvalue weighted by molar-refractivity contribution is 5.97. The molecule has 1 heterocycles. The maximum absolute atomic E-state index is 13.3. The summed E-state index contributed by atoms with van der Waals surface area (Å²) in [5, 5.41) is 6.86. The molecule has 0 bridgehead atoms. The number of amides is 1. The average molecular weight is 402 g/mol. The summed E-state index contributed by atoms with van der Waals surface area (Å²) in [4.78, 5) is 21.0. The predicted molar refractivity (Wildman–Crippen MR) is 115 cm³/mol. The first-order valence-corrected chi connectivity index (χ1v) is 9.31. The van der Waals surface area contributed by atoms with Crippen molar-refractivity contribution >= 4 is 34.0 Å². The summed E-state index contributed by atoms with van der Waals surface area (Å²) in [6.45, 7) is 0. The lowest BCUT2D eigenvalue weighted by molar-refractivity contribution is -0.115. The molecule has 30 heavy (non-hydrogen) atoms. The Hall–Kier alpha value is -4.00. The number of methoxy groups -OCH3 is 1. The molecule has 0 aliphatic heterocycles. The number of rotatable bonds is 6. The molecule has 0 aliphatic carbocycles. The highest BCUT2D eigenvalue weighted by atomic mass is 19.1. The molecule has 7 heteroatoms. The van der Waals surface area contributed by atoms with Gasteiger partial charge in [-0.15, -0.1) is 0 Å². The van der Waals surface area contributed by atoms with Gasteiger partial charge in [0, 0.05) is 22.8 Å². The minimum absolute atomic E-state index is 0.0794. The molecule has 0 saturated heterocycles. The van der Waals surface area contributed by atoms with Crippen molar-refractivity contribution < 1.29 is 13.9 Å². The third-order valence-corrected chi connectivity index (χ3v) is 4.51. The highest BCUT2D eigenvalue weighted by Crippen LogP contribution is 2.27. The van der Waals surface area contributed by atoms with Crippen LogP contribution in [0.2, 0.25) is 0 Å². The van der Waals surface area contributed by atoms with Gasteiger partial charge in [-0.05, 0) is 48.0 Å². The number of halogens is 1. The lowest BCUT2D eigenvalue weighted by Gasteiger charge is -2.11. The van der Waals surface area contributed by atoms with Crippen LogP contribution in [-0.4, -0.2) is 23.0 Å². The lowest BCUT2D eigenvalue weighted by Crippen LogP contribution is -2.14. The Balaban J connectivity index is 1.56. The van der Waals surface area contributed by atoms with E-state index in [0.717, 1.165) is 22.3 Å². The van der Waals surface area contributed by atoms with Crippen molar-refractivity contribution in [2.45, 2.75) is 6.42 Å². The monoisotopic (exact) mass is 402 g/mol. The molecule has 3 aromatic carbocycles. The van der Waals surface area contributed by atoms with Gasteiger partial charge in [0.1, 0.15) is 23.7 Å². The summed E-state index contributed by atoms with van der Waals surface area (Å²) in [6, 6.07) is 18.9. The van der Waals surface area contributed by atoms with Gasteiger partial charge in [-0.2, -0.15) is 0 Å². The number of carbonyl (C=O) groups excluding carboxylic acids is 1. The van der Waals surface area contributed by atoms with Crippen molar-refractivity contribution in [3.63, 3.8) is 0 Å². The second kappa shape index (κ2) is 8.57. The van der Waals surface area contributed by atoms with E-state index in [1.807, 2.05) is 30.3 Å². The van der Waals surface area contributed by atoms with Crippen LogP contribution >= 0.6 is 0 Å². The van der Waals surface area contributed by atoms with E-state index >= 15 is 0 Å². The van der Waals surface area contributed by atoms with Crippen molar-refractivity contribution in [3.05, 3.63) is 84.4 Å². The second-order valence-corrected chi connectivity index (χ2v) is 6.67. The summed E-state index contributed by atoms with van der Waals surface area (Å²) < 4.78 is 18.6. The zero-order valence-corrected chi connectivity index (χ0v) is 16.2. The van der Waals surface area contributed by atoms with E-state index in [-0.39, 0.29) is 18.1 Å². The molecule has 1 amide bonds. The van der Waals surface area contributed by atoms with Gasteiger partial charge in [-0.1, -0.05) is 18.2 Å². The number of nitrogens with one attached hydrogen (secondary N) is 2. The SMILES string of the molecule is COc1cccc(Nc2ncnc3ccc(NC(=O)Cc4cccc(F)c4)cc23)c1. The van der Waals surface area contributed by atoms with E-state index in [1.165, 1.54) is 18.5 Å². The molecule has 150 valence electrons. The topological polar surface area (TPSA) is 76.1 Å². The summed E-state index contributed by atoms with van der Waals surface area (Å²) in [5.74, 6) is 0.730. The van der Waals surface area contributed by atoms with Crippen LogP contribution in [0.3, 0.4) is 0 Å². The Labute approximate surface area is 172 Å². The molecule has 6 nitrogen and oxygen atoms in total. The first-order chi connectivity index (χ1) is 14.6. The zero-order chi connectivity index (χ0) is 20.9. The molecule has 0 saturated carbocycles. The number of carbonyl (C=O) groups is 1. The molecule has 0 unspecified atom stereocenters. The van der Waals surface area contributed by atoms with E-state index in [0.29, 0.717) is 17.1 Å². The van der Waals surface area contributed by atoms with Gasteiger partial charge in [0.25, 0.3) is 0 Å². The molecule has 4 aromatic rings. The molecule has 0 spiro atoms. The van der Waals surface area contributed by atoms with Crippen molar-refractivity contribution in [1.29, 1.82) is 0 Å². The molecule has 4 rings (SSSR count). The van der Waals surface area contributed by atoms with Crippen LogP contribution in [0.25, 0.3) is 10.9 Å². The number of aromatic nitrogens is 2. The molecule has 0 atom stereocenters. The predicted octanol–water partition coefficient (Wildman–Crippen LogP) is 4.70. The molecule has 0 fully saturated rings. The third-order valence-electron chi connectivity index (χ3n) is 4.51. The van der Waals surface area contributed by atoms with E-state index < -0.39 is 0 Å². The molecular weight excluding hydrogens is 383 g/mol. The van der Waals surface area contributed by atoms with Crippen molar-refractivity contribution in [2.75, 3.05) is 17.7 Å². The fraction of sp³-hybridized carbons (Fsp3) is 0.0870. The number of hydrogen-bond donors (Lipinski definition) is 2. The van der Waals surface area contributed by atoms with Crippen LogP contribution in [0.1, 0.15) is 5.56 Å². The van der Waals surface area contributed by atoms with Crippen LogP contribution in [0.4, 0.5) is 21.6 Å². The third kappa shape index (κ3) is 4.52. The van der Waals surface area contributed by atoms with Gasteiger partial charge in [0.05, 0.1) is 19.0 Å². The van der Waals surface area contributed by atoms with Crippen LogP contribution in [0.15, 0.2) is 73.1 Å². The Morgan fingerprint density at radius 1 is 1.00 bits per heavy atom. The lowest BCUT2D eigenvalue weighted by atomic mass is 10.1. The van der Waals surface area contributed by atoms with Crippen LogP contribution in [-0.2, 0) is 11.2 Å². The van der Waals surface area contributed by atoms with Gasteiger partial charge in [0.2, 0.25) is 5.91 Å². The van der Waals surface area contributed by atoms with Gasteiger partial charge in [-0.25, -0.2) is 14.4 Å². The summed E-state index contributed by atoms with van der Waals surface area (Å²) in [7, 11) is 1.61. The maximum Gasteiger partial charge on any atom is 0.228 e. The summed E-state index contributed by atoms with van der Waals surface area (Å²) >= 11 is 0. The van der Waals surface area contributed by atoms with Crippen LogP contribution in [0.5, 0.6) is 5.75 Å². The number of anilines is 3. The van der Waals surface area contributed by atoms with E-state index in [2.05, 4.69) is 20.6 Å². The summed E-state index contributed by atoms with van der Waals surface area (Å²) in [5.41, 5.74) is 2.76. The van der Waals surface area contributed by atoms with E-state index in [1.54, 1.807) is 31.4 Å². The number of fused-ring (bicyclic) bond motifs is 1. The van der Waals surface area contributed by atoms with Gasteiger partial charge in [0.15, 0.2) is 0 Å². The minimum atomic E-state index is -0.364. The Morgan fingerprint density at radius 3 is 2.70 bits per heavy atom. The largest absolute Gasteiger partial charge is 0.497 e. The fourth-order valence-electron chi connectivity index (χ4n) is 3.11. The average Bonchev–Trinajstić information content (AvgIpc) is 2.74. The van der Waals surface area contributed by atoms with Crippen LogP contribution < -0.4 is 15.4 Å². The first kappa shape index (κ1) is 19.3. The minimum Gasteiger partial charge on any atom is -0.497 e. The highest BCUT2D eigenvalue weighted by Gasteiger charge is 2.09. The van der Waals surface area contributed by atoms with Crippen molar-refractivity contribution in [2.24, 2.45) is 0 Å². The number of nitrogens with zero attached hydrogens (tertiary/aromatic N) is 2. The Kier molecular flexibility index (Phi) is 5.52. The van der Waals surface area contributed by atoms with Crippen molar-refractivity contribution in [3.8, 4) is 5.75 Å². The zero-order valence-electron chi connectivity index (χ0n) is 16.2. The number of benzene rings is 3. The molecule has 2 N–H and O–H groups in total. The smallest absolute Gasteiger partial charge is 0.228 e.